The Bertz CT molecular complexity index is 622. The Hall–Kier alpha value is -2.37. The second kappa shape index (κ2) is 7.59. The summed E-state index contributed by atoms with van der Waals surface area (Å²) in [5, 5.41) is 3.89. The molecule has 0 aliphatic heterocycles. The minimum atomic E-state index is -0.332. The molecule has 0 atom stereocenters. The highest BCUT2D eigenvalue weighted by atomic mass is 19.1. The number of carbonyl (C=O) groups excluding carboxylic acids is 1. The molecule has 1 heterocycles. The minimum absolute atomic E-state index is 0.198. The van der Waals surface area contributed by atoms with Gasteiger partial charge in [-0.25, -0.2) is 4.39 Å². The Morgan fingerprint density at radius 2 is 1.95 bits per heavy atom. The lowest BCUT2D eigenvalue weighted by molar-refractivity contribution is -0.143. The third kappa shape index (κ3) is 3.84. The number of aromatic nitrogens is 1. The van der Waals surface area contributed by atoms with Crippen LogP contribution in [-0.4, -0.2) is 24.3 Å². The van der Waals surface area contributed by atoms with E-state index in [4.69, 9.17) is 14.0 Å². The van der Waals surface area contributed by atoms with E-state index < -0.39 is 0 Å². The van der Waals surface area contributed by atoms with Crippen LogP contribution in [0.3, 0.4) is 0 Å². The number of benzene rings is 1. The monoisotopic (exact) mass is 307 g/mol. The first-order chi connectivity index (χ1) is 10.7. The van der Waals surface area contributed by atoms with E-state index in [-0.39, 0.29) is 18.2 Å². The van der Waals surface area contributed by atoms with Crippen molar-refractivity contribution >= 4 is 5.97 Å². The first kappa shape index (κ1) is 16.0. The summed E-state index contributed by atoms with van der Waals surface area (Å²) in [6, 6.07) is 5.87. The number of esters is 1. The van der Waals surface area contributed by atoms with Crippen LogP contribution in [0.4, 0.5) is 4.39 Å². The van der Waals surface area contributed by atoms with Crippen molar-refractivity contribution in [2.75, 3.05) is 13.2 Å². The van der Waals surface area contributed by atoms with E-state index in [1.807, 2.05) is 6.92 Å². The van der Waals surface area contributed by atoms with Crippen LogP contribution >= 0.6 is 0 Å². The van der Waals surface area contributed by atoms with Gasteiger partial charge in [0.25, 0.3) is 5.88 Å². The molecule has 22 heavy (non-hydrogen) atoms. The fraction of sp³-hybridized carbons (Fsp3) is 0.375. The molecule has 0 saturated heterocycles. The number of rotatable bonds is 7. The molecule has 0 aliphatic rings. The van der Waals surface area contributed by atoms with Crippen LogP contribution in [0.25, 0.3) is 11.3 Å². The molecule has 0 N–H and O–H groups in total. The van der Waals surface area contributed by atoms with E-state index in [1.54, 1.807) is 19.1 Å². The minimum Gasteiger partial charge on any atom is -0.476 e. The number of hydrogen-bond donors (Lipinski definition) is 0. The fourth-order valence-corrected chi connectivity index (χ4v) is 2.05. The Morgan fingerprint density at radius 1 is 1.23 bits per heavy atom. The second-order valence-electron chi connectivity index (χ2n) is 4.54. The summed E-state index contributed by atoms with van der Waals surface area (Å²) in [6.45, 7) is 4.36. The van der Waals surface area contributed by atoms with Crippen molar-refractivity contribution in [3.8, 4) is 17.2 Å². The summed E-state index contributed by atoms with van der Waals surface area (Å²) in [6.07, 6.45) is 0.577. The fourth-order valence-electron chi connectivity index (χ4n) is 2.05. The maximum absolute atomic E-state index is 13.0. The number of hydrogen-bond acceptors (Lipinski definition) is 5. The topological polar surface area (TPSA) is 61.6 Å². The summed E-state index contributed by atoms with van der Waals surface area (Å²) in [5.41, 5.74) is 1.36. The molecule has 0 fully saturated rings. The molecule has 118 valence electrons. The summed E-state index contributed by atoms with van der Waals surface area (Å²) in [5.74, 6) is 0.205. The molecule has 0 radical (unpaired) electrons. The number of nitrogens with zero attached hydrogens (tertiary/aromatic N) is 1. The van der Waals surface area contributed by atoms with Gasteiger partial charge in [-0.3, -0.25) is 4.79 Å². The van der Waals surface area contributed by atoms with Crippen molar-refractivity contribution in [2.45, 2.75) is 26.7 Å². The highest BCUT2D eigenvalue weighted by molar-refractivity contribution is 5.71. The molecule has 1 aromatic heterocycles. The van der Waals surface area contributed by atoms with Crippen LogP contribution in [0, 0.1) is 5.82 Å². The van der Waals surface area contributed by atoms with Crippen molar-refractivity contribution in [1.82, 2.24) is 5.16 Å². The zero-order valence-corrected chi connectivity index (χ0v) is 12.6. The van der Waals surface area contributed by atoms with Gasteiger partial charge >= 0.3 is 5.97 Å². The van der Waals surface area contributed by atoms with Crippen LogP contribution in [0.1, 0.15) is 25.8 Å². The van der Waals surface area contributed by atoms with E-state index in [1.165, 1.54) is 12.1 Å². The second-order valence-corrected chi connectivity index (χ2v) is 4.54. The number of ether oxygens (including phenoxy) is 2. The molecule has 6 heteroatoms. The highest BCUT2D eigenvalue weighted by Gasteiger charge is 2.20. The predicted octanol–water partition coefficient (Wildman–Crippen LogP) is 3.38. The Labute approximate surface area is 128 Å². The van der Waals surface area contributed by atoms with Crippen LogP contribution < -0.4 is 4.74 Å². The molecule has 2 aromatic rings. The molecule has 0 unspecified atom stereocenters. The molecule has 0 saturated carbocycles. The zero-order valence-electron chi connectivity index (χ0n) is 12.6. The SMILES string of the molecule is CCOC(=O)CCc1c(OCC)noc1-c1ccc(F)cc1. The first-order valence-electron chi connectivity index (χ1n) is 7.18. The van der Waals surface area contributed by atoms with Gasteiger partial charge in [0.2, 0.25) is 0 Å². The molecule has 0 amide bonds. The van der Waals surface area contributed by atoms with Gasteiger partial charge in [0.1, 0.15) is 5.82 Å². The molecular weight excluding hydrogens is 289 g/mol. The number of halogens is 1. The number of carbonyl (C=O) groups is 1. The maximum atomic E-state index is 13.0. The van der Waals surface area contributed by atoms with Crippen molar-refractivity contribution in [2.24, 2.45) is 0 Å². The van der Waals surface area contributed by atoms with Gasteiger partial charge in [-0.05, 0) is 49.7 Å². The molecule has 1 aromatic carbocycles. The molecule has 0 aliphatic carbocycles. The summed E-state index contributed by atoms with van der Waals surface area (Å²) in [4.78, 5) is 11.5. The molecule has 0 spiro atoms. The first-order valence-corrected chi connectivity index (χ1v) is 7.18. The van der Waals surface area contributed by atoms with E-state index in [0.29, 0.717) is 42.4 Å². The summed E-state index contributed by atoms with van der Waals surface area (Å²) < 4.78 is 28.7. The van der Waals surface area contributed by atoms with E-state index in [2.05, 4.69) is 5.16 Å². The molecular formula is C16H18FNO4. The van der Waals surface area contributed by atoms with Crippen molar-refractivity contribution in [1.29, 1.82) is 0 Å². The van der Waals surface area contributed by atoms with E-state index in [9.17, 15) is 9.18 Å². The average Bonchev–Trinajstić information content (AvgIpc) is 2.89. The smallest absolute Gasteiger partial charge is 0.306 e. The Morgan fingerprint density at radius 3 is 2.59 bits per heavy atom. The predicted molar refractivity (Wildman–Crippen MR) is 78.0 cm³/mol. The van der Waals surface area contributed by atoms with Gasteiger partial charge < -0.3 is 14.0 Å². The lowest BCUT2D eigenvalue weighted by atomic mass is 10.0. The molecule has 0 bridgehead atoms. The van der Waals surface area contributed by atoms with Crippen LogP contribution in [0.5, 0.6) is 5.88 Å². The maximum Gasteiger partial charge on any atom is 0.306 e. The van der Waals surface area contributed by atoms with Gasteiger partial charge in [-0.15, -0.1) is 0 Å². The lowest BCUT2D eigenvalue weighted by Crippen LogP contribution is -2.06. The zero-order chi connectivity index (χ0) is 15.9. The lowest BCUT2D eigenvalue weighted by Gasteiger charge is -2.05. The molecule has 2 rings (SSSR count). The van der Waals surface area contributed by atoms with Crippen LogP contribution in [0.2, 0.25) is 0 Å². The van der Waals surface area contributed by atoms with E-state index >= 15 is 0 Å². The quantitative estimate of drug-likeness (QED) is 0.734. The molecule has 5 nitrogen and oxygen atoms in total. The summed E-state index contributed by atoms with van der Waals surface area (Å²) >= 11 is 0. The van der Waals surface area contributed by atoms with Gasteiger partial charge in [0, 0.05) is 12.0 Å². The van der Waals surface area contributed by atoms with Crippen molar-refractivity contribution in [3.05, 3.63) is 35.6 Å². The van der Waals surface area contributed by atoms with Gasteiger partial charge in [0.15, 0.2) is 5.76 Å². The average molecular weight is 307 g/mol. The normalized spacial score (nSPS) is 10.5. The van der Waals surface area contributed by atoms with Crippen LogP contribution in [-0.2, 0) is 16.0 Å². The van der Waals surface area contributed by atoms with Gasteiger partial charge in [-0.2, -0.15) is 0 Å². The van der Waals surface area contributed by atoms with Gasteiger partial charge in [-0.1, -0.05) is 0 Å². The largest absolute Gasteiger partial charge is 0.476 e. The summed E-state index contributed by atoms with van der Waals surface area (Å²) in [7, 11) is 0. The third-order valence-electron chi connectivity index (χ3n) is 3.02. The Kier molecular flexibility index (Phi) is 5.52. The highest BCUT2D eigenvalue weighted by Crippen LogP contribution is 2.32. The van der Waals surface area contributed by atoms with Crippen LogP contribution in [0.15, 0.2) is 28.8 Å². The third-order valence-corrected chi connectivity index (χ3v) is 3.02. The van der Waals surface area contributed by atoms with Crippen molar-refractivity contribution < 1.29 is 23.2 Å². The van der Waals surface area contributed by atoms with Crippen molar-refractivity contribution in [3.63, 3.8) is 0 Å². The van der Waals surface area contributed by atoms with Gasteiger partial charge in [0.05, 0.1) is 18.8 Å². The standard InChI is InChI=1S/C16H18FNO4/c1-3-20-14(19)10-9-13-15(22-18-16(13)21-4-2)11-5-7-12(17)8-6-11/h5-8H,3-4,9-10H2,1-2H3. The van der Waals surface area contributed by atoms with E-state index in [0.717, 1.165) is 0 Å². The Balaban J connectivity index is 2.25.